The highest BCUT2D eigenvalue weighted by atomic mass is 16.6. The third-order valence-electron chi connectivity index (χ3n) is 9.94. The number of carbonyl (C=O) groups is 4. The molecule has 0 radical (unpaired) electrons. The highest BCUT2D eigenvalue weighted by Gasteiger charge is 2.72. The van der Waals surface area contributed by atoms with Crippen LogP contribution in [-0.4, -0.2) is 106 Å². The molecule has 2 aliphatic heterocycles. The molecule has 3 aliphatic rings. The quantitative estimate of drug-likeness (QED) is 0.0492. The number of rotatable bonds is 21. The van der Waals surface area contributed by atoms with Crippen LogP contribution in [0.25, 0.3) is 0 Å². The van der Waals surface area contributed by atoms with Crippen LogP contribution in [0.15, 0.2) is 21.9 Å². The van der Waals surface area contributed by atoms with Gasteiger partial charge in [0, 0.05) is 20.2 Å². The van der Waals surface area contributed by atoms with E-state index >= 15 is 0 Å². The lowest BCUT2D eigenvalue weighted by Crippen LogP contribution is -2.56. The van der Waals surface area contributed by atoms with Crippen molar-refractivity contribution in [3.8, 4) is 0 Å². The average Bonchev–Trinajstić information content (AvgIpc) is 3.98. The van der Waals surface area contributed by atoms with Crippen molar-refractivity contribution in [1.29, 1.82) is 0 Å². The van der Waals surface area contributed by atoms with Gasteiger partial charge in [-0.15, -0.1) is 0 Å². The summed E-state index contributed by atoms with van der Waals surface area (Å²) in [7, 11) is 1.64. The minimum atomic E-state index is -0.576. The third kappa shape index (κ3) is 12.3. The lowest BCUT2D eigenvalue weighted by molar-refractivity contribution is -0.119. The van der Waals surface area contributed by atoms with Gasteiger partial charge in [0.15, 0.2) is 0 Å². The van der Waals surface area contributed by atoms with Crippen molar-refractivity contribution >= 4 is 24.4 Å². The van der Waals surface area contributed by atoms with E-state index in [1.807, 2.05) is 27.7 Å². The van der Waals surface area contributed by atoms with Gasteiger partial charge in [0.1, 0.15) is 48.9 Å². The standard InChI is InChI=1S/C36H61N5O9/c1-23(2)13-14-29-35(7,50-29)32-31(46-8)28(15-16-36(32)22-48-36)49-34(45)40-27(25(5)6)21-47-33(44)38-18-12-10-9-11-17-37-30(43)19-39-41-26(20-42)24(3)4/h13,20,24-29,31-32H,9-12,14-19,21-22H2,1-8H3,(H,37,43)(H,38,44)(H,40,45)/t26-,27+,28?,29-,31?,32?,35?,36+/m1/s1. The Morgan fingerprint density at radius 1 is 1.00 bits per heavy atom. The molecule has 0 bridgehead atoms. The molecule has 3 fully saturated rings. The van der Waals surface area contributed by atoms with Crippen LogP contribution < -0.4 is 16.0 Å². The van der Waals surface area contributed by atoms with Gasteiger partial charge in [-0.2, -0.15) is 10.2 Å². The van der Waals surface area contributed by atoms with Gasteiger partial charge in [-0.3, -0.25) is 4.79 Å². The first-order chi connectivity index (χ1) is 23.8. The number of epoxide rings is 2. The number of amides is 3. The highest BCUT2D eigenvalue weighted by Crippen LogP contribution is 2.59. The molecule has 14 nitrogen and oxygen atoms in total. The summed E-state index contributed by atoms with van der Waals surface area (Å²) in [6.45, 7) is 15.4. The first kappa shape index (κ1) is 41.3. The normalized spacial score (nSPS) is 28.2. The monoisotopic (exact) mass is 707 g/mol. The fourth-order valence-electron chi connectivity index (χ4n) is 6.61. The molecular weight excluding hydrogens is 646 g/mol. The summed E-state index contributed by atoms with van der Waals surface area (Å²) < 4.78 is 29.6. The second-order valence-corrected chi connectivity index (χ2v) is 14.9. The lowest BCUT2D eigenvalue weighted by atomic mass is 9.68. The van der Waals surface area contributed by atoms with E-state index < -0.39 is 36.0 Å². The molecule has 3 amide bonds. The number of nitrogens with one attached hydrogen (secondary N) is 3. The molecule has 8 atom stereocenters. The Kier molecular flexibility index (Phi) is 16.1. The Hall–Kier alpha value is -3.10. The van der Waals surface area contributed by atoms with Gasteiger partial charge in [-0.1, -0.05) is 52.2 Å². The van der Waals surface area contributed by atoms with Crippen LogP contribution in [-0.2, 0) is 33.3 Å². The van der Waals surface area contributed by atoms with E-state index in [-0.39, 0.29) is 54.6 Å². The Bertz CT molecular complexity index is 1190. The number of ether oxygens (including phenoxy) is 5. The molecule has 4 unspecified atom stereocenters. The van der Waals surface area contributed by atoms with Crippen LogP contribution in [0.5, 0.6) is 0 Å². The zero-order valence-corrected chi connectivity index (χ0v) is 31.3. The van der Waals surface area contributed by atoms with E-state index in [1.165, 1.54) is 5.57 Å². The predicted molar refractivity (Wildman–Crippen MR) is 187 cm³/mol. The van der Waals surface area contributed by atoms with Crippen LogP contribution in [0.1, 0.15) is 93.4 Å². The van der Waals surface area contributed by atoms with Crippen molar-refractivity contribution in [2.75, 3.05) is 40.0 Å². The summed E-state index contributed by atoms with van der Waals surface area (Å²) >= 11 is 0. The zero-order chi connectivity index (χ0) is 36.9. The van der Waals surface area contributed by atoms with E-state index in [2.05, 4.69) is 53.0 Å². The van der Waals surface area contributed by atoms with Crippen LogP contribution in [0, 0.1) is 17.8 Å². The summed E-state index contributed by atoms with van der Waals surface area (Å²) in [6.07, 6.45) is 6.48. The van der Waals surface area contributed by atoms with E-state index in [0.29, 0.717) is 26.1 Å². The summed E-state index contributed by atoms with van der Waals surface area (Å²) in [5, 5.41) is 16.1. The van der Waals surface area contributed by atoms with Crippen molar-refractivity contribution in [3.05, 3.63) is 11.6 Å². The first-order valence-electron chi connectivity index (χ1n) is 18.2. The van der Waals surface area contributed by atoms with Gasteiger partial charge in [-0.05, 0) is 64.7 Å². The predicted octanol–water partition coefficient (Wildman–Crippen LogP) is 4.89. The minimum Gasteiger partial charge on any atom is -0.447 e. The molecule has 3 N–H and O–H groups in total. The minimum absolute atomic E-state index is 0.00103. The van der Waals surface area contributed by atoms with Gasteiger partial charge in [0.2, 0.25) is 5.91 Å². The largest absolute Gasteiger partial charge is 0.447 e. The number of allylic oxidation sites excluding steroid dienone is 1. The molecule has 3 rings (SSSR count). The number of carbonyl (C=O) groups excluding carboxylic acids is 4. The lowest BCUT2D eigenvalue weighted by Gasteiger charge is -2.42. The molecular formula is C36H61N5O9. The van der Waals surface area contributed by atoms with Crippen molar-refractivity contribution in [3.63, 3.8) is 0 Å². The molecule has 14 heteroatoms. The van der Waals surface area contributed by atoms with Crippen LogP contribution in [0.4, 0.5) is 9.59 Å². The number of nitrogens with zero attached hydrogens (tertiary/aromatic N) is 2. The average molecular weight is 708 g/mol. The summed E-state index contributed by atoms with van der Waals surface area (Å²) in [6, 6.07) is -0.970. The maximum Gasteiger partial charge on any atom is 0.407 e. The molecule has 1 saturated carbocycles. The summed E-state index contributed by atoms with van der Waals surface area (Å²) in [5.74, 6) is -0.283. The van der Waals surface area contributed by atoms with E-state index in [1.54, 1.807) is 7.11 Å². The summed E-state index contributed by atoms with van der Waals surface area (Å²) in [5.41, 5.74) is 0.509. The van der Waals surface area contributed by atoms with Gasteiger partial charge in [-0.25, -0.2) is 9.59 Å². The molecule has 284 valence electrons. The molecule has 0 aromatic heterocycles. The SMILES string of the molecule is COC1C(OC(=O)N[C@@H](COC(=O)NCCCCCCNC(=O)CN=N[C@H](C=O)C(C)C)C(C)C)CC[C@]2(CO2)C1C1(C)O[C@@H]1CC=C(C)C. The molecule has 2 saturated heterocycles. The number of aldehydes is 1. The van der Waals surface area contributed by atoms with Crippen LogP contribution in [0.2, 0.25) is 0 Å². The number of hydrogen-bond acceptors (Lipinski definition) is 11. The molecule has 1 spiro atoms. The van der Waals surface area contributed by atoms with Crippen molar-refractivity contribution in [2.24, 2.45) is 28.0 Å². The molecule has 1 aliphatic carbocycles. The third-order valence-corrected chi connectivity index (χ3v) is 9.94. The highest BCUT2D eigenvalue weighted by molar-refractivity contribution is 5.78. The number of methoxy groups -OCH3 is 1. The maximum atomic E-state index is 13.1. The van der Waals surface area contributed by atoms with Gasteiger partial charge >= 0.3 is 12.2 Å². The van der Waals surface area contributed by atoms with Crippen molar-refractivity contribution < 1.29 is 42.9 Å². The molecule has 0 aromatic carbocycles. The fraction of sp³-hybridized carbons (Fsp3) is 0.833. The summed E-state index contributed by atoms with van der Waals surface area (Å²) in [4.78, 5) is 48.3. The molecule has 2 heterocycles. The zero-order valence-electron chi connectivity index (χ0n) is 31.3. The second-order valence-electron chi connectivity index (χ2n) is 14.9. The maximum absolute atomic E-state index is 13.1. The van der Waals surface area contributed by atoms with Gasteiger partial charge in [0.25, 0.3) is 0 Å². The molecule has 0 aromatic rings. The van der Waals surface area contributed by atoms with Gasteiger partial charge in [0.05, 0.1) is 24.7 Å². The van der Waals surface area contributed by atoms with E-state index in [9.17, 15) is 19.2 Å². The van der Waals surface area contributed by atoms with Crippen LogP contribution >= 0.6 is 0 Å². The van der Waals surface area contributed by atoms with Crippen molar-refractivity contribution in [2.45, 2.75) is 135 Å². The molecule has 50 heavy (non-hydrogen) atoms. The topological polar surface area (TPSA) is 182 Å². The smallest absolute Gasteiger partial charge is 0.407 e. The van der Waals surface area contributed by atoms with E-state index in [4.69, 9.17) is 23.7 Å². The van der Waals surface area contributed by atoms with Crippen molar-refractivity contribution in [1.82, 2.24) is 16.0 Å². The van der Waals surface area contributed by atoms with E-state index in [0.717, 1.165) is 44.8 Å². The number of hydrogen-bond donors (Lipinski definition) is 3. The number of alkyl carbamates (subject to hydrolysis) is 2. The first-order valence-corrected chi connectivity index (χ1v) is 18.2. The Morgan fingerprint density at radius 3 is 2.26 bits per heavy atom. The second kappa shape index (κ2) is 19.5. The number of azo groups is 1. The Balaban J connectivity index is 1.33. The van der Waals surface area contributed by atoms with Crippen LogP contribution in [0.3, 0.4) is 0 Å². The van der Waals surface area contributed by atoms with Gasteiger partial charge < -0.3 is 44.4 Å². The fourth-order valence-corrected chi connectivity index (χ4v) is 6.61. The number of unbranched alkanes of at least 4 members (excludes halogenated alkanes) is 3. The Labute approximate surface area is 297 Å². The Morgan fingerprint density at radius 2 is 1.68 bits per heavy atom.